The zero-order valence-electron chi connectivity index (χ0n) is 38.0. The lowest BCUT2D eigenvalue weighted by molar-refractivity contribution is 0.590. The van der Waals surface area contributed by atoms with Gasteiger partial charge in [-0.25, -0.2) is 0 Å². The van der Waals surface area contributed by atoms with E-state index in [-0.39, 0.29) is 5.41 Å². The van der Waals surface area contributed by atoms with Crippen molar-refractivity contribution in [3.8, 4) is 44.5 Å². The van der Waals surface area contributed by atoms with E-state index in [4.69, 9.17) is 0 Å². The van der Waals surface area contributed by atoms with Crippen LogP contribution in [0.1, 0.15) is 70.8 Å². The molecule has 3 aliphatic rings. The lowest BCUT2D eigenvalue weighted by Crippen LogP contribution is -2.28. The van der Waals surface area contributed by atoms with Crippen molar-refractivity contribution >= 4 is 17.1 Å². The van der Waals surface area contributed by atoms with Crippen molar-refractivity contribution in [1.29, 1.82) is 0 Å². The highest BCUT2D eigenvalue weighted by atomic mass is 15.1. The van der Waals surface area contributed by atoms with Gasteiger partial charge in [-0.15, -0.1) is 0 Å². The molecule has 1 spiro atoms. The minimum Gasteiger partial charge on any atom is -0.310 e. The van der Waals surface area contributed by atoms with Crippen molar-refractivity contribution in [3.63, 3.8) is 0 Å². The lowest BCUT2D eigenvalue weighted by atomic mass is 9.67. The van der Waals surface area contributed by atoms with E-state index >= 15 is 0 Å². The fourth-order valence-electron chi connectivity index (χ4n) is 12.2. The molecule has 10 aromatic carbocycles. The Balaban J connectivity index is 1.06. The van der Waals surface area contributed by atoms with Gasteiger partial charge >= 0.3 is 0 Å². The van der Waals surface area contributed by atoms with Crippen LogP contribution in [0.25, 0.3) is 44.5 Å². The van der Waals surface area contributed by atoms with Crippen molar-refractivity contribution in [2.45, 2.75) is 37.0 Å². The molecule has 0 saturated carbocycles. The van der Waals surface area contributed by atoms with Gasteiger partial charge in [-0.2, -0.15) is 0 Å². The maximum Gasteiger partial charge on any atom is 0.0726 e. The summed E-state index contributed by atoms with van der Waals surface area (Å²) in [5.74, 6) is 0. The van der Waals surface area contributed by atoms with E-state index in [1.165, 1.54) is 94.6 Å². The summed E-state index contributed by atoms with van der Waals surface area (Å²) in [5.41, 5.74) is 24.4. The Bertz CT molecular complexity index is 3330. The third-order valence-electron chi connectivity index (χ3n) is 15.1. The molecular weight excluding hydrogens is 807 g/mol. The molecule has 0 saturated heterocycles. The molecule has 0 fully saturated rings. The van der Waals surface area contributed by atoms with Gasteiger partial charge < -0.3 is 4.90 Å². The van der Waals surface area contributed by atoms with Crippen molar-refractivity contribution in [2.24, 2.45) is 0 Å². The van der Waals surface area contributed by atoms with Crippen LogP contribution in [0.4, 0.5) is 17.1 Å². The SMILES string of the molecule is CC(C)(C)c1ccc(-c2ccc(N(c3ccc4c(c3)C(c3ccccc3)(c3ccccc3)c3ccccc3-4)c3ccc4c(c3)C3(c5ccccc5-c5ccccc53)c3ccccc3-4)cc2)cc1. The van der Waals surface area contributed by atoms with E-state index in [1.54, 1.807) is 0 Å². The topological polar surface area (TPSA) is 3.24 Å². The van der Waals surface area contributed by atoms with Crippen LogP contribution in [0.15, 0.2) is 243 Å². The molecule has 0 aliphatic heterocycles. The number of anilines is 3. The summed E-state index contributed by atoms with van der Waals surface area (Å²) in [6, 6.07) is 91.3. The molecule has 0 atom stereocenters. The molecule has 0 heterocycles. The molecule has 0 bridgehead atoms. The van der Waals surface area contributed by atoms with E-state index in [1.807, 2.05) is 0 Å². The second-order valence-corrected chi connectivity index (χ2v) is 19.6. The Morgan fingerprint density at radius 1 is 0.284 bits per heavy atom. The van der Waals surface area contributed by atoms with Gasteiger partial charge in [0.1, 0.15) is 0 Å². The average molecular weight is 856 g/mol. The molecule has 10 aromatic rings. The second kappa shape index (κ2) is 14.8. The average Bonchev–Trinajstić information content (AvgIpc) is 3.97. The second-order valence-electron chi connectivity index (χ2n) is 19.6. The van der Waals surface area contributed by atoms with Gasteiger partial charge in [0, 0.05) is 17.1 Å². The van der Waals surface area contributed by atoms with Crippen LogP contribution in [0.5, 0.6) is 0 Å². The molecule has 0 amide bonds. The van der Waals surface area contributed by atoms with Crippen LogP contribution in [-0.4, -0.2) is 0 Å². The maximum atomic E-state index is 2.51. The lowest BCUT2D eigenvalue weighted by Gasteiger charge is -2.35. The van der Waals surface area contributed by atoms with Crippen molar-refractivity contribution < 1.29 is 0 Å². The summed E-state index contributed by atoms with van der Waals surface area (Å²) in [6.45, 7) is 6.82. The van der Waals surface area contributed by atoms with Crippen LogP contribution < -0.4 is 4.90 Å². The Kier molecular flexibility index (Phi) is 8.67. The Hall–Kier alpha value is -8.00. The highest BCUT2D eigenvalue weighted by Gasteiger charge is 2.52. The van der Waals surface area contributed by atoms with Gasteiger partial charge in [0.15, 0.2) is 0 Å². The molecular formula is C66H49N. The number of benzene rings is 10. The number of hydrogen-bond acceptors (Lipinski definition) is 1. The molecule has 13 rings (SSSR count). The first kappa shape index (κ1) is 39.4. The monoisotopic (exact) mass is 855 g/mol. The zero-order valence-corrected chi connectivity index (χ0v) is 38.0. The van der Waals surface area contributed by atoms with E-state index in [0.29, 0.717) is 0 Å². The van der Waals surface area contributed by atoms with E-state index < -0.39 is 10.8 Å². The van der Waals surface area contributed by atoms with Crippen LogP contribution in [0.3, 0.4) is 0 Å². The standard InChI is InChI=1S/C66H49N/c1-64(2,3)46-34-30-44(31-35-46)45-32-36-49(37-33-45)67(50-38-40-56-54-24-10-14-26-58(54)65(62(56)42-50,47-18-6-4-7-19-47)48-20-8-5-9-21-48)51-39-41-57-55-25-13-17-29-61(55)66(63(57)43-51)59-27-15-11-22-52(59)53-23-12-16-28-60(53)66/h4-43H,1-3H3. The summed E-state index contributed by atoms with van der Waals surface area (Å²) in [4.78, 5) is 2.50. The number of rotatable bonds is 6. The van der Waals surface area contributed by atoms with Gasteiger partial charge in [-0.3, -0.25) is 0 Å². The van der Waals surface area contributed by atoms with Gasteiger partial charge in [0.05, 0.1) is 10.8 Å². The fourth-order valence-corrected chi connectivity index (χ4v) is 12.2. The number of nitrogens with zero attached hydrogens (tertiary/aromatic N) is 1. The zero-order chi connectivity index (χ0) is 44.9. The highest BCUT2D eigenvalue weighted by Crippen LogP contribution is 2.64. The van der Waals surface area contributed by atoms with Crippen molar-refractivity contribution in [2.75, 3.05) is 4.90 Å². The summed E-state index contributed by atoms with van der Waals surface area (Å²) in [5, 5.41) is 0. The third-order valence-corrected chi connectivity index (χ3v) is 15.1. The van der Waals surface area contributed by atoms with Crippen LogP contribution >= 0.6 is 0 Å². The summed E-state index contributed by atoms with van der Waals surface area (Å²) < 4.78 is 0. The first-order valence-electron chi connectivity index (χ1n) is 23.7. The maximum absolute atomic E-state index is 2.51. The largest absolute Gasteiger partial charge is 0.310 e. The fraction of sp³-hybridized carbons (Fsp3) is 0.0909. The Morgan fingerprint density at radius 2 is 0.612 bits per heavy atom. The van der Waals surface area contributed by atoms with E-state index in [2.05, 4.69) is 268 Å². The predicted molar refractivity (Wildman–Crippen MR) is 279 cm³/mol. The molecule has 0 N–H and O–H groups in total. The third kappa shape index (κ3) is 5.61. The predicted octanol–water partition coefficient (Wildman–Crippen LogP) is 16.8. The number of hydrogen-bond donors (Lipinski definition) is 0. The molecule has 1 heteroatoms. The number of fused-ring (bicyclic) bond motifs is 13. The first-order valence-corrected chi connectivity index (χ1v) is 23.7. The molecule has 67 heavy (non-hydrogen) atoms. The molecule has 0 unspecified atom stereocenters. The van der Waals surface area contributed by atoms with Crippen LogP contribution in [0.2, 0.25) is 0 Å². The van der Waals surface area contributed by atoms with Gasteiger partial charge in [0.25, 0.3) is 0 Å². The molecule has 3 aliphatic carbocycles. The molecule has 318 valence electrons. The normalized spacial score (nSPS) is 14.1. The minimum atomic E-state index is -0.528. The van der Waals surface area contributed by atoms with Gasteiger partial charge in [0.2, 0.25) is 0 Å². The van der Waals surface area contributed by atoms with Crippen molar-refractivity contribution in [1.82, 2.24) is 0 Å². The van der Waals surface area contributed by atoms with Gasteiger partial charge in [-0.05, 0) is 136 Å². The van der Waals surface area contributed by atoms with E-state index in [9.17, 15) is 0 Å². The first-order chi connectivity index (χ1) is 32.9. The Labute approximate surface area is 394 Å². The van der Waals surface area contributed by atoms with Crippen molar-refractivity contribution in [3.05, 3.63) is 293 Å². The molecule has 0 aromatic heterocycles. The van der Waals surface area contributed by atoms with Gasteiger partial charge in [-0.1, -0.05) is 227 Å². The summed E-state index contributed by atoms with van der Waals surface area (Å²) in [6.07, 6.45) is 0. The minimum absolute atomic E-state index is 0.0944. The highest BCUT2D eigenvalue weighted by molar-refractivity contribution is 5.97. The summed E-state index contributed by atoms with van der Waals surface area (Å²) >= 11 is 0. The Morgan fingerprint density at radius 3 is 1.03 bits per heavy atom. The van der Waals surface area contributed by atoms with E-state index in [0.717, 1.165) is 17.1 Å². The summed E-state index contributed by atoms with van der Waals surface area (Å²) in [7, 11) is 0. The molecule has 0 radical (unpaired) electrons. The molecule has 1 nitrogen and oxygen atoms in total. The van der Waals surface area contributed by atoms with Crippen LogP contribution in [0, 0.1) is 0 Å². The smallest absolute Gasteiger partial charge is 0.0726 e. The quantitative estimate of drug-likeness (QED) is 0.161. The van der Waals surface area contributed by atoms with Crippen LogP contribution in [-0.2, 0) is 16.2 Å².